The zero-order valence-electron chi connectivity index (χ0n) is 8.10. The third-order valence-electron chi connectivity index (χ3n) is 1.75. The molecule has 5 nitrogen and oxygen atoms in total. The van der Waals surface area contributed by atoms with Crippen LogP contribution in [0.5, 0.6) is 0 Å². The van der Waals surface area contributed by atoms with Crippen LogP contribution < -0.4 is 5.73 Å². The summed E-state index contributed by atoms with van der Waals surface area (Å²) in [5.41, 5.74) is 5.07. The van der Waals surface area contributed by atoms with Crippen LogP contribution in [0.2, 0.25) is 0 Å². The molecular weight excluding hydrogens is 218 g/mol. The van der Waals surface area contributed by atoms with Gasteiger partial charge in [-0.1, -0.05) is 0 Å². The lowest BCUT2D eigenvalue weighted by molar-refractivity contribution is -0.117. The Bertz CT molecular complexity index is 374. The molecule has 1 atom stereocenters. The molecule has 1 amide bonds. The smallest absolute Gasteiger partial charge is 0.371 e. The Morgan fingerprint density at radius 1 is 1.60 bits per heavy atom. The first kappa shape index (κ1) is 11.6. The molecule has 0 fully saturated rings. The summed E-state index contributed by atoms with van der Waals surface area (Å²) >= 11 is 1.30. The van der Waals surface area contributed by atoms with Crippen LogP contribution in [0, 0.1) is 0 Å². The Hall–Kier alpha value is -1.43. The first-order chi connectivity index (χ1) is 7.00. The SMILES string of the molecule is CC(SCc1ccc(C(=O)O)o1)C(N)=O. The number of amides is 1. The molecule has 0 bridgehead atoms. The first-order valence-corrected chi connectivity index (χ1v) is 5.28. The largest absolute Gasteiger partial charge is 0.475 e. The van der Waals surface area contributed by atoms with Crippen molar-refractivity contribution in [2.45, 2.75) is 17.9 Å². The van der Waals surface area contributed by atoms with Gasteiger partial charge in [0.2, 0.25) is 11.7 Å². The minimum Gasteiger partial charge on any atom is -0.475 e. The van der Waals surface area contributed by atoms with Crippen molar-refractivity contribution < 1.29 is 19.1 Å². The fourth-order valence-electron chi connectivity index (χ4n) is 0.860. The molecule has 0 aromatic carbocycles. The van der Waals surface area contributed by atoms with E-state index in [0.29, 0.717) is 11.5 Å². The van der Waals surface area contributed by atoms with Gasteiger partial charge in [0.15, 0.2) is 0 Å². The van der Waals surface area contributed by atoms with Crippen LogP contribution >= 0.6 is 11.8 Å². The van der Waals surface area contributed by atoms with E-state index in [-0.39, 0.29) is 11.0 Å². The fourth-order valence-corrected chi connectivity index (χ4v) is 1.59. The highest BCUT2D eigenvalue weighted by molar-refractivity contribution is 7.99. The molecule has 6 heteroatoms. The van der Waals surface area contributed by atoms with Crippen LogP contribution in [0.4, 0.5) is 0 Å². The predicted molar refractivity (Wildman–Crippen MR) is 55.6 cm³/mol. The molecule has 0 radical (unpaired) electrons. The summed E-state index contributed by atoms with van der Waals surface area (Å²) in [6, 6.07) is 2.96. The Morgan fingerprint density at radius 3 is 2.73 bits per heavy atom. The summed E-state index contributed by atoms with van der Waals surface area (Å²) in [7, 11) is 0. The molecule has 0 aliphatic carbocycles. The number of hydrogen-bond donors (Lipinski definition) is 2. The minimum absolute atomic E-state index is 0.0997. The molecule has 1 heterocycles. The van der Waals surface area contributed by atoms with Gasteiger partial charge in [-0.25, -0.2) is 4.79 Å². The number of hydrogen-bond acceptors (Lipinski definition) is 4. The number of carboxylic acid groups (broad SMARTS) is 1. The number of primary amides is 1. The number of rotatable bonds is 5. The van der Waals surface area contributed by atoms with Crippen molar-refractivity contribution in [2.24, 2.45) is 5.73 Å². The Labute approximate surface area is 90.6 Å². The van der Waals surface area contributed by atoms with Gasteiger partial charge in [-0.2, -0.15) is 0 Å². The summed E-state index contributed by atoms with van der Waals surface area (Å²) < 4.78 is 5.00. The van der Waals surface area contributed by atoms with E-state index in [2.05, 4.69) is 0 Å². The zero-order valence-corrected chi connectivity index (χ0v) is 8.91. The summed E-state index contributed by atoms with van der Waals surface area (Å²) in [5.74, 6) is -0.653. The number of nitrogens with two attached hydrogens (primary N) is 1. The van der Waals surface area contributed by atoms with E-state index in [1.54, 1.807) is 13.0 Å². The molecule has 0 saturated heterocycles. The summed E-state index contributed by atoms with van der Waals surface area (Å²) in [6.07, 6.45) is 0. The monoisotopic (exact) mass is 229 g/mol. The Morgan fingerprint density at radius 2 is 2.27 bits per heavy atom. The molecule has 0 spiro atoms. The van der Waals surface area contributed by atoms with Gasteiger partial charge in [0, 0.05) is 0 Å². The summed E-state index contributed by atoms with van der Waals surface area (Å²) in [5, 5.41) is 8.27. The predicted octanol–water partition coefficient (Wildman–Crippen LogP) is 1.08. The van der Waals surface area contributed by atoms with Gasteiger partial charge in [-0.15, -0.1) is 11.8 Å². The van der Waals surface area contributed by atoms with Crippen molar-refractivity contribution in [3.8, 4) is 0 Å². The molecular formula is C9H11NO4S. The molecule has 82 valence electrons. The molecule has 0 aliphatic rings. The highest BCUT2D eigenvalue weighted by atomic mass is 32.2. The van der Waals surface area contributed by atoms with E-state index < -0.39 is 11.9 Å². The van der Waals surface area contributed by atoms with E-state index in [4.69, 9.17) is 15.3 Å². The molecule has 1 aromatic heterocycles. The molecule has 1 aromatic rings. The third-order valence-corrected chi connectivity index (χ3v) is 2.93. The van der Waals surface area contributed by atoms with Crippen molar-refractivity contribution >= 4 is 23.6 Å². The van der Waals surface area contributed by atoms with Crippen molar-refractivity contribution in [3.63, 3.8) is 0 Å². The second-order valence-corrected chi connectivity index (χ2v) is 4.26. The normalized spacial score (nSPS) is 12.3. The van der Waals surface area contributed by atoms with Gasteiger partial charge in [0.05, 0.1) is 11.0 Å². The number of carboxylic acids is 1. The lowest BCUT2D eigenvalue weighted by atomic mass is 10.4. The van der Waals surface area contributed by atoms with Crippen LogP contribution in [0.1, 0.15) is 23.2 Å². The van der Waals surface area contributed by atoms with Crippen LogP contribution in [0.3, 0.4) is 0 Å². The number of thioether (sulfide) groups is 1. The average Bonchev–Trinajstić information content (AvgIpc) is 2.62. The zero-order chi connectivity index (χ0) is 11.4. The topological polar surface area (TPSA) is 93.5 Å². The maximum Gasteiger partial charge on any atom is 0.371 e. The first-order valence-electron chi connectivity index (χ1n) is 4.23. The van der Waals surface area contributed by atoms with Crippen LogP contribution in [0.15, 0.2) is 16.5 Å². The molecule has 0 saturated carbocycles. The Balaban J connectivity index is 2.51. The lowest BCUT2D eigenvalue weighted by Gasteiger charge is -2.04. The van der Waals surface area contributed by atoms with Crippen molar-refractivity contribution in [3.05, 3.63) is 23.7 Å². The van der Waals surface area contributed by atoms with Gasteiger partial charge in [0.1, 0.15) is 5.76 Å². The number of carbonyl (C=O) groups is 2. The second kappa shape index (κ2) is 4.88. The van der Waals surface area contributed by atoms with E-state index in [1.165, 1.54) is 17.8 Å². The van der Waals surface area contributed by atoms with Gasteiger partial charge in [-0.3, -0.25) is 4.79 Å². The van der Waals surface area contributed by atoms with Crippen LogP contribution in [0.25, 0.3) is 0 Å². The van der Waals surface area contributed by atoms with E-state index in [9.17, 15) is 9.59 Å². The quantitative estimate of drug-likeness (QED) is 0.788. The number of carbonyl (C=O) groups excluding carboxylic acids is 1. The van der Waals surface area contributed by atoms with Crippen molar-refractivity contribution in [2.75, 3.05) is 0 Å². The minimum atomic E-state index is -1.10. The number of aromatic carboxylic acids is 1. The summed E-state index contributed by atoms with van der Waals surface area (Å²) in [4.78, 5) is 21.2. The standard InChI is InChI=1S/C9H11NO4S/c1-5(8(10)11)15-4-6-2-3-7(14-6)9(12)13/h2-3,5H,4H2,1H3,(H2,10,11)(H,12,13). The van der Waals surface area contributed by atoms with E-state index >= 15 is 0 Å². The summed E-state index contributed by atoms with van der Waals surface area (Å²) in [6.45, 7) is 1.69. The molecule has 3 N–H and O–H groups in total. The highest BCUT2D eigenvalue weighted by Gasteiger charge is 2.12. The van der Waals surface area contributed by atoms with Gasteiger partial charge in [-0.05, 0) is 19.1 Å². The van der Waals surface area contributed by atoms with Crippen LogP contribution in [-0.2, 0) is 10.5 Å². The lowest BCUT2D eigenvalue weighted by Crippen LogP contribution is -2.22. The molecule has 1 unspecified atom stereocenters. The van der Waals surface area contributed by atoms with E-state index in [1.807, 2.05) is 0 Å². The maximum absolute atomic E-state index is 10.7. The fraction of sp³-hybridized carbons (Fsp3) is 0.333. The van der Waals surface area contributed by atoms with Gasteiger partial charge >= 0.3 is 5.97 Å². The second-order valence-electron chi connectivity index (χ2n) is 2.93. The highest BCUT2D eigenvalue weighted by Crippen LogP contribution is 2.19. The third kappa shape index (κ3) is 3.32. The Kier molecular flexibility index (Phi) is 3.79. The van der Waals surface area contributed by atoms with Gasteiger partial charge < -0.3 is 15.3 Å². The molecule has 1 rings (SSSR count). The molecule has 0 aliphatic heterocycles. The number of furan rings is 1. The van der Waals surface area contributed by atoms with Crippen LogP contribution in [-0.4, -0.2) is 22.2 Å². The molecule has 15 heavy (non-hydrogen) atoms. The maximum atomic E-state index is 10.7. The van der Waals surface area contributed by atoms with Gasteiger partial charge in [0.25, 0.3) is 0 Å². The van der Waals surface area contributed by atoms with E-state index in [0.717, 1.165) is 0 Å². The van der Waals surface area contributed by atoms with Crippen molar-refractivity contribution in [1.29, 1.82) is 0 Å². The van der Waals surface area contributed by atoms with Crippen molar-refractivity contribution in [1.82, 2.24) is 0 Å². The average molecular weight is 229 g/mol.